The summed E-state index contributed by atoms with van der Waals surface area (Å²) in [5.41, 5.74) is 1.92. The number of aryl methyl sites for hydroxylation is 1. The Morgan fingerprint density at radius 3 is 2.59 bits per heavy atom. The first-order valence-electron chi connectivity index (χ1n) is 9.64. The average Bonchev–Trinajstić information content (AvgIpc) is 3.11. The summed E-state index contributed by atoms with van der Waals surface area (Å²) in [5.74, 6) is -0.280. The van der Waals surface area contributed by atoms with Crippen molar-refractivity contribution >= 4 is 33.2 Å². The van der Waals surface area contributed by atoms with Crippen LogP contribution in [0.5, 0.6) is 0 Å². The first kappa shape index (κ1) is 20.9. The number of rotatable bonds is 7. The van der Waals surface area contributed by atoms with Crippen molar-refractivity contribution in [2.45, 2.75) is 38.0 Å². The number of sulfonamides is 1. The molecule has 1 heterocycles. The van der Waals surface area contributed by atoms with Gasteiger partial charge in [-0.25, -0.2) is 8.42 Å². The third-order valence-corrected chi connectivity index (χ3v) is 6.16. The minimum atomic E-state index is -3.90. The van der Waals surface area contributed by atoms with Gasteiger partial charge < -0.3 is 10.2 Å². The molecule has 1 aliphatic rings. The summed E-state index contributed by atoms with van der Waals surface area (Å²) >= 11 is 0. The summed E-state index contributed by atoms with van der Waals surface area (Å²) in [7, 11) is -3.90. The fraction of sp³-hybridized carbons (Fsp3) is 0.333. The van der Waals surface area contributed by atoms with Crippen LogP contribution < -0.4 is 14.9 Å². The molecule has 0 spiro atoms. The standard InChI is InChI=1S/C21H25N3O4S/c1-3-12-22-21(26)17-7-4-5-8-18(17)23-29(27,28)16-10-11-19(15(2)14-16)24-13-6-9-20(24)25/h4-5,7-8,10-11,14,23H,3,6,9,12-13H2,1-2H3,(H,22,26). The molecule has 0 aliphatic carbocycles. The molecule has 29 heavy (non-hydrogen) atoms. The molecule has 1 aliphatic heterocycles. The predicted molar refractivity (Wildman–Crippen MR) is 113 cm³/mol. The second-order valence-corrected chi connectivity index (χ2v) is 8.69. The Bertz CT molecular complexity index is 1030. The van der Waals surface area contributed by atoms with Gasteiger partial charge in [-0.05, 0) is 55.7 Å². The highest BCUT2D eigenvalue weighted by atomic mass is 32.2. The van der Waals surface area contributed by atoms with Gasteiger partial charge in [-0.2, -0.15) is 0 Å². The van der Waals surface area contributed by atoms with Crippen molar-refractivity contribution in [3.05, 3.63) is 53.6 Å². The van der Waals surface area contributed by atoms with Crippen LogP contribution >= 0.6 is 0 Å². The Hall–Kier alpha value is -2.87. The number of hydrogen-bond donors (Lipinski definition) is 2. The molecule has 3 rings (SSSR count). The first-order chi connectivity index (χ1) is 13.8. The molecule has 154 valence electrons. The maximum atomic E-state index is 12.9. The van der Waals surface area contributed by atoms with Crippen LogP contribution in [0.4, 0.5) is 11.4 Å². The smallest absolute Gasteiger partial charge is 0.261 e. The van der Waals surface area contributed by atoms with Gasteiger partial charge in [-0.1, -0.05) is 19.1 Å². The molecular formula is C21H25N3O4S. The zero-order valence-electron chi connectivity index (χ0n) is 16.6. The fourth-order valence-electron chi connectivity index (χ4n) is 3.31. The van der Waals surface area contributed by atoms with Crippen LogP contribution in [0.1, 0.15) is 42.1 Å². The number of nitrogens with zero attached hydrogens (tertiary/aromatic N) is 1. The molecular weight excluding hydrogens is 390 g/mol. The summed E-state index contributed by atoms with van der Waals surface area (Å²) in [6, 6.07) is 11.2. The molecule has 1 fully saturated rings. The number of carbonyl (C=O) groups is 2. The summed E-state index contributed by atoms with van der Waals surface area (Å²) in [4.78, 5) is 26.1. The monoisotopic (exact) mass is 415 g/mol. The quantitative estimate of drug-likeness (QED) is 0.726. The van der Waals surface area contributed by atoms with E-state index in [0.29, 0.717) is 25.1 Å². The minimum Gasteiger partial charge on any atom is -0.352 e. The van der Waals surface area contributed by atoms with Crippen molar-refractivity contribution in [1.29, 1.82) is 0 Å². The highest BCUT2D eigenvalue weighted by molar-refractivity contribution is 7.92. The van der Waals surface area contributed by atoms with Crippen LogP contribution in [0.2, 0.25) is 0 Å². The Balaban J connectivity index is 1.86. The largest absolute Gasteiger partial charge is 0.352 e. The van der Waals surface area contributed by atoms with Gasteiger partial charge in [0.05, 0.1) is 16.1 Å². The molecule has 2 N–H and O–H groups in total. The molecule has 0 bridgehead atoms. The second-order valence-electron chi connectivity index (χ2n) is 7.00. The van der Waals surface area contributed by atoms with Crippen molar-refractivity contribution in [1.82, 2.24) is 5.32 Å². The molecule has 0 unspecified atom stereocenters. The van der Waals surface area contributed by atoms with E-state index in [1.54, 1.807) is 48.2 Å². The van der Waals surface area contributed by atoms with Gasteiger partial charge in [0.25, 0.3) is 15.9 Å². The van der Waals surface area contributed by atoms with E-state index in [0.717, 1.165) is 18.5 Å². The van der Waals surface area contributed by atoms with Crippen molar-refractivity contribution in [2.75, 3.05) is 22.7 Å². The summed E-state index contributed by atoms with van der Waals surface area (Å²) in [6.07, 6.45) is 2.10. The number of nitrogens with one attached hydrogen (secondary N) is 2. The lowest BCUT2D eigenvalue weighted by Crippen LogP contribution is -2.26. The molecule has 1 saturated heterocycles. The van der Waals surface area contributed by atoms with Gasteiger partial charge in [-0.15, -0.1) is 0 Å². The van der Waals surface area contributed by atoms with Crippen LogP contribution in [-0.2, 0) is 14.8 Å². The molecule has 0 aromatic heterocycles. The molecule has 0 saturated carbocycles. The Morgan fingerprint density at radius 2 is 1.93 bits per heavy atom. The van der Waals surface area contributed by atoms with Gasteiger partial charge in [0, 0.05) is 25.2 Å². The molecule has 2 aromatic carbocycles. The van der Waals surface area contributed by atoms with Gasteiger partial charge in [-0.3, -0.25) is 14.3 Å². The van der Waals surface area contributed by atoms with E-state index in [9.17, 15) is 18.0 Å². The highest BCUT2D eigenvalue weighted by Gasteiger charge is 2.25. The Morgan fingerprint density at radius 1 is 1.17 bits per heavy atom. The molecule has 0 atom stereocenters. The van der Waals surface area contributed by atoms with E-state index in [4.69, 9.17) is 0 Å². The average molecular weight is 416 g/mol. The van der Waals surface area contributed by atoms with Gasteiger partial charge in [0.15, 0.2) is 0 Å². The van der Waals surface area contributed by atoms with Crippen molar-refractivity contribution in [2.24, 2.45) is 0 Å². The lowest BCUT2D eigenvalue weighted by molar-refractivity contribution is -0.117. The van der Waals surface area contributed by atoms with Gasteiger partial charge in [0.2, 0.25) is 5.91 Å². The van der Waals surface area contributed by atoms with E-state index in [-0.39, 0.29) is 28.0 Å². The number of carbonyl (C=O) groups excluding carboxylic acids is 2. The highest BCUT2D eigenvalue weighted by Crippen LogP contribution is 2.28. The fourth-order valence-corrected chi connectivity index (χ4v) is 4.47. The van der Waals surface area contributed by atoms with Crippen molar-refractivity contribution < 1.29 is 18.0 Å². The number of hydrogen-bond acceptors (Lipinski definition) is 4. The van der Waals surface area contributed by atoms with E-state index in [2.05, 4.69) is 10.0 Å². The normalized spacial score (nSPS) is 14.1. The number of benzene rings is 2. The number of amides is 2. The van der Waals surface area contributed by atoms with Crippen LogP contribution in [0.25, 0.3) is 0 Å². The lowest BCUT2D eigenvalue weighted by atomic mass is 10.1. The van der Waals surface area contributed by atoms with E-state index >= 15 is 0 Å². The Labute approximate surface area is 171 Å². The topological polar surface area (TPSA) is 95.6 Å². The third-order valence-electron chi connectivity index (χ3n) is 4.79. The van der Waals surface area contributed by atoms with E-state index < -0.39 is 10.0 Å². The molecule has 7 nitrogen and oxygen atoms in total. The summed E-state index contributed by atoms with van der Waals surface area (Å²) in [6.45, 7) is 4.88. The van der Waals surface area contributed by atoms with Crippen LogP contribution in [0.15, 0.2) is 47.4 Å². The first-order valence-corrected chi connectivity index (χ1v) is 11.1. The summed E-state index contributed by atoms with van der Waals surface area (Å²) in [5, 5.41) is 2.76. The number of para-hydroxylation sites is 1. The van der Waals surface area contributed by atoms with Crippen LogP contribution in [-0.4, -0.2) is 33.3 Å². The Kier molecular flexibility index (Phi) is 6.22. The molecule has 0 radical (unpaired) electrons. The van der Waals surface area contributed by atoms with Crippen molar-refractivity contribution in [3.8, 4) is 0 Å². The predicted octanol–water partition coefficient (Wildman–Crippen LogP) is 3.06. The second kappa shape index (κ2) is 8.65. The maximum Gasteiger partial charge on any atom is 0.261 e. The van der Waals surface area contributed by atoms with Gasteiger partial charge in [0.1, 0.15) is 0 Å². The zero-order chi connectivity index (χ0) is 21.0. The number of anilines is 2. The SMILES string of the molecule is CCCNC(=O)c1ccccc1NS(=O)(=O)c1ccc(N2CCCC2=O)c(C)c1. The van der Waals surface area contributed by atoms with Crippen molar-refractivity contribution in [3.63, 3.8) is 0 Å². The lowest BCUT2D eigenvalue weighted by Gasteiger charge is -2.19. The summed E-state index contributed by atoms with van der Waals surface area (Å²) < 4.78 is 28.3. The van der Waals surface area contributed by atoms with E-state index in [1.807, 2.05) is 6.92 Å². The molecule has 8 heteroatoms. The van der Waals surface area contributed by atoms with Gasteiger partial charge >= 0.3 is 0 Å². The third kappa shape index (κ3) is 4.59. The minimum absolute atomic E-state index is 0.0499. The molecule has 2 amide bonds. The molecule has 2 aromatic rings. The van der Waals surface area contributed by atoms with Crippen LogP contribution in [0, 0.1) is 6.92 Å². The van der Waals surface area contributed by atoms with Crippen LogP contribution in [0.3, 0.4) is 0 Å². The maximum absolute atomic E-state index is 12.9. The zero-order valence-corrected chi connectivity index (χ0v) is 17.4. The van der Waals surface area contributed by atoms with E-state index in [1.165, 1.54) is 6.07 Å².